The van der Waals surface area contributed by atoms with Gasteiger partial charge in [0.1, 0.15) is 0 Å². The molecule has 2 rings (SSSR count). The van der Waals surface area contributed by atoms with Crippen LogP contribution in [0.3, 0.4) is 0 Å². The highest BCUT2D eigenvalue weighted by Gasteiger charge is 2.25. The maximum absolute atomic E-state index is 11.7. The molecule has 0 bridgehead atoms. The largest absolute Gasteiger partial charge is 0.399 e. The fourth-order valence-electron chi connectivity index (χ4n) is 3.31. The molecule has 1 aromatic rings. The van der Waals surface area contributed by atoms with Crippen LogP contribution in [0.25, 0.3) is 0 Å². The molecule has 0 aliphatic heterocycles. The number of nitrogens with zero attached hydrogens (tertiary/aromatic N) is 1. The third kappa shape index (κ3) is 3.49. The maximum Gasteiger partial charge on any atom is 0.238 e. The fourth-order valence-corrected chi connectivity index (χ4v) is 4.14. The second-order valence-electron chi connectivity index (χ2n) is 6.24. The number of primary sulfonamides is 1. The van der Waals surface area contributed by atoms with Crippen molar-refractivity contribution >= 4 is 21.4 Å². The van der Waals surface area contributed by atoms with Gasteiger partial charge >= 0.3 is 0 Å². The van der Waals surface area contributed by atoms with Gasteiger partial charge in [-0.2, -0.15) is 0 Å². The summed E-state index contributed by atoms with van der Waals surface area (Å²) in [5.74, 6) is 0.699. The number of anilines is 2. The van der Waals surface area contributed by atoms with Gasteiger partial charge in [0.25, 0.3) is 0 Å². The van der Waals surface area contributed by atoms with E-state index in [0.717, 1.165) is 18.5 Å². The first-order valence-electron chi connectivity index (χ1n) is 7.36. The molecule has 6 heteroatoms. The highest BCUT2D eigenvalue weighted by Crippen LogP contribution is 2.34. The number of benzene rings is 1. The monoisotopic (exact) mass is 311 g/mol. The summed E-state index contributed by atoms with van der Waals surface area (Å²) in [6.45, 7) is 4.05. The van der Waals surface area contributed by atoms with Crippen LogP contribution in [0.1, 0.15) is 38.2 Å². The molecule has 2 atom stereocenters. The second-order valence-corrected chi connectivity index (χ2v) is 7.77. The molecule has 0 aromatic heterocycles. The zero-order valence-corrected chi connectivity index (χ0v) is 13.8. The summed E-state index contributed by atoms with van der Waals surface area (Å²) in [4.78, 5) is 2.28. The van der Waals surface area contributed by atoms with Crippen LogP contribution >= 0.6 is 0 Å². The Morgan fingerprint density at radius 1 is 1.29 bits per heavy atom. The Morgan fingerprint density at radius 2 is 1.95 bits per heavy atom. The molecule has 118 valence electrons. The minimum absolute atomic E-state index is 0.119. The third-order valence-electron chi connectivity index (χ3n) is 4.50. The Kier molecular flexibility index (Phi) is 4.49. The lowest BCUT2D eigenvalue weighted by atomic mass is 9.86. The highest BCUT2D eigenvalue weighted by molar-refractivity contribution is 7.89. The highest BCUT2D eigenvalue weighted by atomic mass is 32.2. The molecule has 4 N–H and O–H groups in total. The summed E-state index contributed by atoms with van der Waals surface area (Å²) in [5, 5.41) is 5.29. The average Bonchev–Trinajstić information content (AvgIpc) is 2.39. The summed E-state index contributed by atoms with van der Waals surface area (Å²) < 4.78 is 23.4. The summed E-state index contributed by atoms with van der Waals surface area (Å²) >= 11 is 0. The molecule has 1 aromatic carbocycles. The predicted molar refractivity (Wildman–Crippen MR) is 86.8 cm³/mol. The number of hydrogen-bond donors (Lipinski definition) is 2. The van der Waals surface area contributed by atoms with E-state index in [1.807, 2.05) is 13.1 Å². The van der Waals surface area contributed by atoms with E-state index in [9.17, 15) is 8.42 Å². The number of rotatable bonds is 3. The molecule has 21 heavy (non-hydrogen) atoms. The first kappa shape index (κ1) is 16.1. The van der Waals surface area contributed by atoms with Gasteiger partial charge in [-0.05, 0) is 43.4 Å². The summed E-state index contributed by atoms with van der Waals surface area (Å²) in [7, 11) is -1.75. The number of sulfonamides is 1. The molecule has 1 saturated carbocycles. The first-order valence-corrected chi connectivity index (χ1v) is 8.90. The Balaban J connectivity index is 2.41. The molecule has 0 spiro atoms. The van der Waals surface area contributed by atoms with Crippen LogP contribution < -0.4 is 15.8 Å². The molecule has 0 heterocycles. The van der Waals surface area contributed by atoms with E-state index in [2.05, 4.69) is 11.8 Å². The van der Waals surface area contributed by atoms with Crippen LogP contribution in [-0.4, -0.2) is 21.5 Å². The van der Waals surface area contributed by atoms with Crippen molar-refractivity contribution in [3.05, 3.63) is 17.7 Å². The molecule has 1 aliphatic carbocycles. The summed E-state index contributed by atoms with van der Waals surface area (Å²) in [5.41, 5.74) is 7.83. The zero-order valence-electron chi connectivity index (χ0n) is 13.0. The van der Waals surface area contributed by atoms with Gasteiger partial charge in [-0.1, -0.05) is 19.8 Å². The topological polar surface area (TPSA) is 89.4 Å². The smallest absolute Gasteiger partial charge is 0.238 e. The quantitative estimate of drug-likeness (QED) is 0.838. The van der Waals surface area contributed by atoms with Crippen molar-refractivity contribution < 1.29 is 8.42 Å². The van der Waals surface area contributed by atoms with Crippen LogP contribution in [0.4, 0.5) is 11.4 Å². The Labute approximate surface area is 127 Å². The summed E-state index contributed by atoms with van der Waals surface area (Å²) in [6, 6.07) is 3.69. The van der Waals surface area contributed by atoms with Crippen molar-refractivity contribution in [2.45, 2.75) is 50.5 Å². The minimum atomic E-state index is -3.76. The van der Waals surface area contributed by atoms with Gasteiger partial charge in [-0.25, -0.2) is 13.6 Å². The van der Waals surface area contributed by atoms with Gasteiger partial charge in [0.15, 0.2) is 0 Å². The standard InChI is InChI=1S/C15H25N3O2S/c1-10-5-4-6-13(7-10)18(3)14-8-12(16)9-15(11(14)2)21(17,19)20/h8-10,13H,4-7,16H2,1-3H3,(H2,17,19,20). The van der Waals surface area contributed by atoms with E-state index in [1.165, 1.54) is 18.9 Å². The fraction of sp³-hybridized carbons (Fsp3) is 0.600. The molecule has 5 nitrogen and oxygen atoms in total. The SMILES string of the molecule is Cc1c(N(C)C2CCCC(C)C2)cc(N)cc1S(N)(=O)=O. The van der Waals surface area contributed by atoms with Crippen LogP contribution in [0, 0.1) is 12.8 Å². The van der Waals surface area contributed by atoms with Gasteiger partial charge in [-0.3, -0.25) is 0 Å². The molecular weight excluding hydrogens is 286 g/mol. The van der Waals surface area contributed by atoms with Gasteiger partial charge in [0.05, 0.1) is 4.90 Å². The lowest BCUT2D eigenvalue weighted by molar-refractivity contribution is 0.336. The van der Waals surface area contributed by atoms with E-state index in [4.69, 9.17) is 10.9 Å². The van der Waals surface area contributed by atoms with Gasteiger partial charge in [0.2, 0.25) is 10.0 Å². The van der Waals surface area contributed by atoms with Crippen molar-refractivity contribution in [2.24, 2.45) is 11.1 Å². The minimum Gasteiger partial charge on any atom is -0.399 e. The molecular formula is C15H25N3O2S. The van der Waals surface area contributed by atoms with E-state index >= 15 is 0 Å². The molecule has 2 unspecified atom stereocenters. The van der Waals surface area contributed by atoms with E-state index < -0.39 is 10.0 Å². The molecule has 0 saturated heterocycles. The van der Waals surface area contributed by atoms with Gasteiger partial charge in [-0.15, -0.1) is 0 Å². The second kappa shape index (κ2) is 5.85. The Morgan fingerprint density at radius 3 is 2.52 bits per heavy atom. The van der Waals surface area contributed by atoms with E-state index in [1.54, 1.807) is 6.92 Å². The van der Waals surface area contributed by atoms with Crippen molar-refractivity contribution in [1.82, 2.24) is 0 Å². The Hall–Kier alpha value is -1.27. The van der Waals surface area contributed by atoms with E-state index in [0.29, 0.717) is 23.2 Å². The predicted octanol–water partition coefficient (Wildman–Crippen LogP) is 2.24. The maximum atomic E-state index is 11.7. The van der Waals surface area contributed by atoms with Crippen molar-refractivity contribution in [3.63, 3.8) is 0 Å². The van der Waals surface area contributed by atoms with Crippen LogP contribution in [0.2, 0.25) is 0 Å². The normalized spacial score (nSPS) is 23.0. The summed E-state index contributed by atoms with van der Waals surface area (Å²) in [6.07, 6.45) is 4.72. The number of nitrogens with two attached hydrogens (primary N) is 2. The van der Waals surface area contributed by atoms with Crippen molar-refractivity contribution in [3.8, 4) is 0 Å². The number of nitrogen functional groups attached to an aromatic ring is 1. The van der Waals surface area contributed by atoms with Crippen molar-refractivity contribution in [2.75, 3.05) is 17.7 Å². The molecule has 1 aliphatic rings. The lowest BCUT2D eigenvalue weighted by Gasteiger charge is -2.36. The van der Waals surface area contributed by atoms with Crippen LogP contribution in [0.5, 0.6) is 0 Å². The first-order chi connectivity index (χ1) is 9.70. The lowest BCUT2D eigenvalue weighted by Crippen LogP contribution is -2.36. The molecule has 0 radical (unpaired) electrons. The van der Waals surface area contributed by atoms with E-state index in [-0.39, 0.29) is 4.90 Å². The van der Waals surface area contributed by atoms with Gasteiger partial charge in [0, 0.05) is 24.5 Å². The zero-order chi connectivity index (χ0) is 15.8. The Bertz CT molecular complexity index is 628. The van der Waals surface area contributed by atoms with Crippen LogP contribution in [0.15, 0.2) is 17.0 Å². The molecule has 1 fully saturated rings. The average molecular weight is 311 g/mol. The van der Waals surface area contributed by atoms with Gasteiger partial charge < -0.3 is 10.6 Å². The van der Waals surface area contributed by atoms with Crippen LogP contribution in [-0.2, 0) is 10.0 Å². The molecule has 0 amide bonds. The third-order valence-corrected chi connectivity index (χ3v) is 5.53. The van der Waals surface area contributed by atoms with Crippen molar-refractivity contribution in [1.29, 1.82) is 0 Å². The number of hydrogen-bond acceptors (Lipinski definition) is 4.